The Labute approximate surface area is 181 Å². The second kappa shape index (κ2) is 9.84. The lowest BCUT2D eigenvalue weighted by Crippen LogP contribution is -2.32. The van der Waals surface area contributed by atoms with Crippen LogP contribution in [0.5, 0.6) is 0 Å². The highest BCUT2D eigenvalue weighted by atomic mass is 16.2. The standard InChI is InChI=1S/C24H25N5O2/c30-23(17-25-24(31)19-7-3-1-4-8-19)26-20-11-9-18(10-12-20)21-13-14-22(28-27-21)29-15-5-2-6-16-29/h1,3-4,7-14H,2,5-6,15-17H2,(H,25,31)(H,26,30). The Bertz CT molecular complexity index is 1010. The fourth-order valence-electron chi connectivity index (χ4n) is 3.55. The van der Waals surface area contributed by atoms with E-state index in [1.165, 1.54) is 19.3 Å². The van der Waals surface area contributed by atoms with Crippen molar-refractivity contribution in [3.05, 3.63) is 72.3 Å². The van der Waals surface area contributed by atoms with Gasteiger partial charge in [0.25, 0.3) is 5.91 Å². The van der Waals surface area contributed by atoms with Crippen LogP contribution < -0.4 is 15.5 Å². The highest BCUT2D eigenvalue weighted by Crippen LogP contribution is 2.22. The van der Waals surface area contributed by atoms with Crippen molar-refractivity contribution in [1.82, 2.24) is 15.5 Å². The molecule has 0 atom stereocenters. The summed E-state index contributed by atoms with van der Waals surface area (Å²) in [4.78, 5) is 26.4. The Morgan fingerprint density at radius 1 is 0.839 bits per heavy atom. The number of carbonyl (C=O) groups excluding carboxylic acids is 2. The van der Waals surface area contributed by atoms with Crippen LogP contribution in [-0.4, -0.2) is 41.6 Å². The van der Waals surface area contributed by atoms with Gasteiger partial charge in [0.2, 0.25) is 5.91 Å². The summed E-state index contributed by atoms with van der Waals surface area (Å²) >= 11 is 0. The lowest BCUT2D eigenvalue weighted by molar-refractivity contribution is -0.115. The lowest BCUT2D eigenvalue weighted by atomic mass is 10.1. The first-order valence-corrected chi connectivity index (χ1v) is 10.5. The molecule has 0 unspecified atom stereocenters. The maximum Gasteiger partial charge on any atom is 0.251 e. The first-order chi connectivity index (χ1) is 15.2. The molecule has 0 spiro atoms. The molecule has 2 N–H and O–H groups in total. The molecule has 2 aromatic carbocycles. The largest absolute Gasteiger partial charge is 0.355 e. The topological polar surface area (TPSA) is 87.2 Å². The number of carbonyl (C=O) groups is 2. The molecule has 0 bridgehead atoms. The Hall–Kier alpha value is -3.74. The molecule has 31 heavy (non-hydrogen) atoms. The monoisotopic (exact) mass is 415 g/mol. The van der Waals surface area contributed by atoms with Crippen LogP contribution in [0.1, 0.15) is 29.6 Å². The van der Waals surface area contributed by atoms with Crippen LogP contribution >= 0.6 is 0 Å². The zero-order valence-corrected chi connectivity index (χ0v) is 17.3. The van der Waals surface area contributed by atoms with Crippen molar-refractivity contribution in [1.29, 1.82) is 0 Å². The molecular formula is C24H25N5O2. The van der Waals surface area contributed by atoms with E-state index in [2.05, 4.69) is 25.7 Å². The molecule has 1 saturated heterocycles. The van der Waals surface area contributed by atoms with Gasteiger partial charge in [-0.15, -0.1) is 10.2 Å². The minimum absolute atomic E-state index is 0.0983. The van der Waals surface area contributed by atoms with Crippen LogP contribution in [0.2, 0.25) is 0 Å². The summed E-state index contributed by atoms with van der Waals surface area (Å²) in [6, 6.07) is 20.2. The number of aromatic nitrogens is 2. The van der Waals surface area contributed by atoms with Gasteiger partial charge in [0.1, 0.15) is 0 Å². The molecule has 3 aromatic rings. The highest BCUT2D eigenvalue weighted by Gasteiger charge is 2.13. The minimum atomic E-state index is -0.289. The average Bonchev–Trinajstić information content (AvgIpc) is 2.84. The van der Waals surface area contributed by atoms with Gasteiger partial charge in [0.05, 0.1) is 12.2 Å². The molecule has 1 aliphatic heterocycles. The van der Waals surface area contributed by atoms with E-state index in [-0.39, 0.29) is 18.4 Å². The van der Waals surface area contributed by atoms with E-state index >= 15 is 0 Å². The average molecular weight is 415 g/mol. The molecule has 0 saturated carbocycles. The van der Waals surface area contributed by atoms with Crippen molar-refractivity contribution in [3.63, 3.8) is 0 Å². The highest BCUT2D eigenvalue weighted by molar-refractivity contribution is 5.99. The minimum Gasteiger partial charge on any atom is -0.355 e. The quantitative estimate of drug-likeness (QED) is 0.643. The van der Waals surface area contributed by atoms with Crippen LogP contribution in [0.25, 0.3) is 11.3 Å². The van der Waals surface area contributed by atoms with Gasteiger partial charge < -0.3 is 15.5 Å². The molecule has 2 amide bonds. The van der Waals surface area contributed by atoms with E-state index in [4.69, 9.17) is 0 Å². The van der Waals surface area contributed by atoms with E-state index in [1.54, 1.807) is 24.3 Å². The van der Waals surface area contributed by atoms with Gasteiger partial charge in [-0.3, -0.25) is 9.59 Å². The Balaban J connectivity index is 1.30. The summed E-state index contributed by atoms with van der Waals surface area (Å²) < 4.78 is 0. The molecule has 7 heteroatoms. The normalized spacial score (nSPS) is 13.5. The van der Waals surface area contributed by atoms with Crippen LogP contribution in [0.3, 0.4) is 0 Å². The molecule has 0 radical (unpaired) electrons. The van der Waals surface area contributed by atoms with Gasteiger partial charge in [-0.25, -0.2) is 0 Å². The van der Waals surface area contributed by atoms with Crippen molar-refractivity contribution < 1.29 is 9.59 Å². The molecule has 2 heterocycles. The number of benzene rings is 2. The van der Waals surface area contributed by atoms with Crippen LogP contribution in [0.15, 0.2) is 66.7 Å². The summed E-state index contributed by atoms with van der Waals surface area (Å²) in [5, 5.41) is 14.1. The summed E-state index contributed by atoms with van der Waals surface area (Å²) in [6.45, 7) is 1.97. The SMILES string of the molecule is O=C(CNC(=O)c1ccccc1)Nc1ccc(-c2ccc(N3CCCCC3)nn2)cc1. The van der Waals surface area contributed by atoms with Crippen molar-refractivity contribution in [3.8, 4) is 11.3 Å². The fourth-order valence-corrected chi connectivity index (χ4v) is 3.55. The van der Waals surface area contributed by atoms with Gasteiger partial charge in [-0.1, -0.05) is 30.3 Å². The van der Waals surface area contributed by atoms with E-state index in [1.807, 2.05) is 42.5 Å². The lowest BCUT2D eigenvalue weighted by Gasteiger charge is -2.27. The number of amides is 2. The second-order valence-corrected chi connectivity index (χ2v) is 7.50. The summed E-state index contributed by atoms with van der Waals surface area (Å²) in [6.07, 6.45) is 3.68. The summed E-state index contributed by atoms with van der Waals surface area (Å²) in [5.74, 6) is 0.352. The predicted octanol–water partition coefficient (Wildman–Crippen LogP) is 3.50. The number of rotatable bonds is 6. The maximum atomic E-state index is 12.1. The first-order valence-electron chi connectivity index (χ1n) is 10.5. The van der Waals surface area contributed by atoms with Gasteiger partial charge in [0.15, 0.2) is 5.82 Å². The molecule has 0 aliphatic carbocycles. The number of nitrogens with zero attached hydrogens (tertiary/aromatic N) is 3. The third-order valence-corrected chi connectivity index (χ3v) is 5.24. The zero-order chi connectivity index (χ0) is 21.5. The number of nitrogens with one attached hydrogen (secondary N) is 2. The number of piperidine rings is 1. The van der Waals surface area contributed by atoms with E-state index < -0.39 is 0 Å². The predicted molar refractivity (Wildman–Crippen MR) is 121 cm³/mol. The molecule has 1 fully saturated rings. The summed E-state index contributed by atoms with van der Waals surface area (Å²) in [7, 11) is 0. The van der Waals surface area contributed by atoms with Crippen molar-refractivity contribution >= 4 is 23.3 Å². The van der Waals surface area contributed by atoms with Gasteiger partial charge in [0, 0.05) is 29.9 Å². The molecule has 1 aliphatic rings. The Kier molecular flexibility index (Phi) is 6.52. The van der Waals surface area contributed by atoms with E-state index in [0.717, 1.165) is 30.2 Å². The van der Waals surface area contributed by atoms with Gasteiger partial charge in [-0.2, -0.15) is 0 Å². The number of anilines is 2. The van der Waals surface area contributed by atoms with Gasteiger partial charge >= 0.3 is 0 Å². The Morgan fingerprint density at radius 2 is 1.58 bits per heavy atom. The van der Waals surface area contributed by atoms with Crippen LogP contribution in [0.4, 0.5) is 11.5 Å². The molecule has 4 rings (SSSR count). The van der Waals surface area contributed by atoms with Crippen LogP contribution in [0, 0.1) is 0 Å². The summed E-state index contributed by atoms with van der Waals surface area (Å²) in [5.41, 5.74) is 2.88. The van der Waals surface area contributed by atoms with Crippen molar-refractivity contribution in [2.45, 2.75) is 19.3 Å². The van der Waals surface area contributed by atoms with Crippen molar-refractivity contribution in [2.75, 3.05) is 29.9 Å². The van der Waals surface area contributed by atoms with E-state index in [0.29, 0.717) is 11.3 Å². The Morgan fingerprint density at radius 3 is 2.26 bits per heavy atom. The zero-order valence-electron chi connectivity index (χ0n) is 17.3. The van der Waals surface area contributed by atoms with Crippen LogP contribution in [-0.2, 0) is 4.79 Å². The van der Waals surface area contributed by atoms with Crippen molar-refractivity contribution in [2.24, 2.45) is 0 Å². The molecular weight excluding hydrogens is 390 g/mol. The maximum absolute atomic E-state index is 12.1. The smallest absolute Gasteiger partial charge is 0.251 e. The van der Waals surface area contributed by atoms with Gasteiger partial charge in [-0.05, 0) is 55.7 Å². The third kappa shape index (κ3) is 5.45. The first kappa shape index (κ1) is 20.5. The number of hydrogen-bond donors (Lipinski definition) is 2. The van der Waals surface area contributed by atoms with E-state index in [9.17, 15) is 9.59 Å². The fraction of sp³-hybridized carbons (Fsp3) is 0.250. The molecule has 1 aromatic heterocycles. The second-order valence-electron chi connectivity index (χ2n) is 7.50. The third-order valence-electron chi connectivity index (χ3n) is 5.24. The number of hydrogen-bond acceptors (Lipinski definition) is 5. The molecule has 158 valence electrons. The molecule has 7 nitrogen and oxygen atoms in total.